The molecule has 1 saturated heterocycles. The molecule has 2 fully saturated rings. The molecule has 1 amide bonds. The Morgan fingerprint density at radius 2 is 1.82 bits per heavy atom. The van der Waals surface area contributed by atoms with Crippen molar-refractivity contribution in [3.63, 3.8) is 0 Å². The van der Waals surface area contributed by atoms with Gasteiger partial charge in [-0.25, -0.2) is 17.9 Å². The summed E-state index contributed by atoms with van der Waals surface area (Å²) in [5.74, 6) is -0.828. The Labute approximate surface area is 165 Å². The molecule has 8 nitrogen and oxygen atoms in total. The zero-order valence-electron chi connectivity index (χ0n) is 16.0. The minimum absolute atomic E-state index is 0.0561. The van der Waals surface area contributed by atoms with Crippen molar-refractivity contribution in [2.75, 3.05) is 26.8 Å². The number of hydrogen-bond acceptors (Lipinski definition) is 6. The van der Waals surface area contributed by atoms with Crippen LogP contribution in [-0.2, 0) is 19.6 Å². The number of methoxy groups -OCH3 is 1. The molecule has 0 bridgehead atoms. The van der Waals surface area contributed by atoms with Crippen LogP contribution in [0.25, 0.3) is 0 Å². The minimum atomic E-state index is -3.81. The Kier molecular flexibility index (Phi) is 6.56. The predicted octanol–water partition coefficient (Wildman–Crippen LogP) is 1.70. The van der Waals surface area contributed by atoms with E-state index in [1.165, 1.54) is 25.3 Å². The van der Waals surface area contributed by atoms with Crippen molar-refractivity contribution < 1.29 is 27.5 Å². The fraction of sp³-hybridized carbons (Fsp3) is 0.579. The van der Waals surface area contributed by atoms with E-state index >= 15 is 0 Å². The van der Waals surface area contributed by atoms with E-state index in [0.717, 1.165) is 38.5 Å². The van der Waals surface area contributed by atoms with Crippen molar-refractivity contribution >= 4 is 21.9 Å². The third-order valence-corrected chi connectivity index (χ3v) is 6.42. The molecule has 1 aliphatic carbocycles. The Morgan fingerprint density at radius 3 is 2.43 bits per heavy atom. The molecule has 1 aromatic rings. The van der Waals surface area contributed by atoms with Crippen molar-refractivity contribution in [3.05, 3.63) is 23.8 Å². The van der Waals surface area contributed by atoms with Crippen LogP contribution in [0, 0.1) is 0 Å². The zero-order valence-corrected chi connectivity index (χ0v) is 16.8. The highest BCUT2D eigenvalue weighted by atomic mass is 32.2. The molecule has 0 atom stereocenters. The van der Waals surface area contributed by atoms with Crippen LogP contribution in [0.5, 0.6) is 5.75 Å². The average molecular weight is 410 g/mol. The predicted molar refractivity (Wildman–Crippen MR) is 102 cm³/mol. The molecule has 2 aliphatic rings. The van der Waals surface area contributed by atoms with Gasteiger partial charge in [-0.15, -0.1) is 0 Å². The molecular weight excluding hydrogens is 384 g/mol. The quantitative estimate of drug-likeness (QED) is 0.687. The number of amides is 1. The smallest absolute Gasteiger partial charge is 0.338 e. The lowest BCUT2D eigenvalue weighted by Gasteiger charge is -2.20. The molecule has 0 radical (unpaired) electrons. The van der Waals surface area contributed by atoms with Gasteiger partial charge in [0.05, 0.1) is 12.7 Å². The normalized spacial score (nSPS) is 17.7. The summed E-state index contributed by atoms with van der Waals surface area (Å²) in [5, 5.41) is 0. The highest BCUT2D eigenvalue weighted by Crippen LogP contribution is 2.28. The molecule has 1 aromatic carbocycles. The Morgan fingerprint density at radius 1 is 1.14 bits per heavy atom. The van der Waals surface area contributed by atoms with Gasteiger partial charge >= 0.3 is 5.97 Å². The maximum atomic E-state index is 12.5. The number of ether oxygens (including phenoxy) is 2. The Balaban J connectivity index is 1.67. The van der Waals surface area contributed by atoms with E-state index in [9.17, 15) is 18.0 Å². The highest BCUT2D eigenvalue weighted by molar-refractivity contribution is 7.89. The van der Waals surface area contributed by atoms with Gasteiger partial charge in [0.1, 0.15) is 10.6 Å². The minimum Gasteiger partial charge on any atom is -0.495 e. The summed E-state index contributed by atoms with van der Waals surface area (Å²) in [7, 11) is -2.44. The first-order valence-electron chi connectivity index (χ1n) is 9.56. The van der Waals surface area contributed by atoms with Crippen LogP contribution in [0.15, 0.2) is 23.1 Å². The van der Waals surface area contributed by atoms with Crippen LogP contribution >= 0.6 is 0 Å². The fourth-order valence-corrected chi connectivity index (χ4v) is 4.62. The van der Waals surface area contributed by atoms with Crippen molar-refractivity contribution in [1.29, 1.82) is 0 Å². The largest absolute Gasteiger partial charge is 0.495 e. The highest BCUT2D eigenvalue weighted by Gasteiger charge is 2.30. The lowest BCUT2D eigenvalue weighted by Crippen LogP contribution is -2.35. The second kappa shape index (κ2) is 8.91. The van der Waals surface area contributed by atoms with Crippen LogP contribution in [0.1, 0.15) is 48.9 Å². The third kappa shape index (κ3) is 5.23. The van der Waals surface area contributed by atoms with Gasteiger partial charge in [0, 0.05) is 19.1 Å². The molecule has 154 valence electrons. The van der Waals surface area contributed by atoms with Gasteiger partial charge < -0.3 is 14.4 Å². The summed E-state index contributed by atoms with van der Waals surface area (Å²) in [4.78, 5) is 26.2. The van der Waals surface area contributed by atoms with Crippen LogP contribution in [0.4, 0.5) is 0 Å². The summed E-state index contributed by atoms with van der Waals surface area (Å²) in [6.07, 6.45) is 5.69. The second-order valence-corrected chi connectivity index (χ2v) is 8.81. The SMILES string of the molecule is COc1ccc(C(=O)OCC(=O)N2CCCCCC2)cc1S(=O)(=O)NC1CC1. The van der Waals surface area contributed by atoms with Gasteiger partial charge in [0.25, 0.3) is 5.91 Å². The molecule has 1 heterocycles. The summed E-state index contributed by atoms with van der Waals surface area (Å²) in [5.41, 5.74) is 0.0561. The molecule has 9 heteroatoms. The van der Waals surface area contributed by atoms with Crippen LogP contribution in [0.3, 0.4) is 0 Å². The van der Waals surface area contributed by atoms with E-state index in [1.807, 2.05) is 0 Å². The second-order valence-electron chi connectivity index (χ2n) is 7.13. The molecule has 28 heavy (non-hydrogen) atoms. The van der Waals surface area contributed by atoms with E-state index in [4.69, 9.17) is 9.47 Å². The number of esters is 1. The van der Waals surface area contributed by atoms with Gasteiger partial charge in [-0.1, -0.05) is 12.8 Å². The number of likely N-dealkylation sites (tertiary alicyclic amines) is 1. The van der Waals surface area contributed by atoms with Crippen LogP contribution < -0.4 is 9.46 Å². The van der Waals surface area contributed by atoms with Crippen LogP contribution in [-0.4, -0.2) is 58.0 Å². The number of nitrogens with zero attached hydrogens (tertiary/aromatic N) is 1. The van der Waals surface area contributed by atoms with E-state index < -0.39 is 16.0 Å². The number of carbonyl (C=O) groups is 2. The van der Waals surface area contributed by atoms with E-state index in [0.29, 0.717) is 13.1 Å². The first-order valence-corrected chi connectivity index (χ1v) is 11.0. The standard InChI is InChI=1S/C19H26N2O6S/c1-26-16-9-6-14(12-17(16)28(24,25)20-15-7-8-15)19(23)27-13-18(22)21-10-4-2-3-5-11-21/h6,9,12,15,20H,2-5,7-8,10-11,13H2,1H3. The number of hydrogen-bond donors (Lipinski definition) is 1. The number of nitrogens with one attached hydrogen (secondary N) is 1. The van der Waals surface area contributed by atoms with Gasteiger partial charge in [0.2, 0.25) is 10.0 Å². The number of sulfonamides is 1. The topological polar surface area (TPSA) is 102 Å². The molecule has 1 aliphatic heterocycles. The molecule has 3 rings (SSSR count). The summed E-state index contributed by atoms with van der Waals surface area (Å²) in [6, 6.07) is 3.99. The van der Waals surface area contributed by atoms with E-state index in [-0.39, 0.29) is 34.8 Å². The maximum absolute atomic E-state index is 12.5. The van der Waals surface area contributed by atoms with Crippen LogP contribution in [0.2, 0.25) is 0 Å². The summed E-state index contributed by atoms with van der Waals surface area (Å²) in [6.45, 7) is 0.996. The lowest BCUT2D eigenvalue weighted by molar-refractivity contribution is -0.134. The van der Waals surface area contributed by atoms with Crippen molar-refractivity contribution in [1.82, 2.24) is 9.62 Å². The number of rotatable bonds is 7. The van der Waals surface area contributed by atoms with Gasteiger partial charge in [-0.2, -0.15) is 0 Å². The molecule has 1 N–H and O–H groups in total. The Bertz CT molecular complexity index is 827. The maximum Gasteiger partial charge on any atom is 0.338 e. The van der Waals surface area contributed by atoms with Crippen molar-refractivity contribution in [2.45, 2.75) is 49.5 Å². The fourth-order valence-electron chi connectivity index (χ4n) is 3.12. The molecular formula is C19H26N2O6S. The molecule has 0 unspecified atom stereocenters. The zero-order chi connectivity index (χ0) is 20.1. The molecule has 0 spiro atoms. The lowest BCUT2D eigenvalue weighted by atomic mass is 10.2. The van der Waals surface area contributed by atoms with Crippen molar-refractivity contribution in [3.8, 4) is 5.75 Å². The third-order valence-electron chi connectivity index (χ3n) is 4.87. The molecule has 1 saturated carbocycles. The molecule has 0 aromatic heterocycles. The summed E-state index contributed by atoms with van der Waals surface area (Å²) >= 11 is 0. The first kappa shape index (κ1) is 20.6. The van der Waals surface area contributed by atoms with Crippen molar-refractivity contribution in [2.24, 2.45) is 0 Å². The number of benzene rings is 1. The monoisotopic (exact) mass is 410 g/mol. The summed E-state index contributed by atoms with van der Waals surface area (Å²) < 4.78 is 37.9. The van der Waals surface area contributed by atoms with E-state index in [2.05, 4.69) is 4.72 Å². The van der Waals surface area contributed by atoms with Gasteiger partial charge in [0.15, 0.2) is 6.61 Å². The first-order chi connectivity index (χ1) is 13.4. The van der Waals surface area contributed by atoms with Gasteiger partial charge in [-0.05, 0) is 43.9 Å². The van der Waals surface area contributed by atoms with E-state index in [1.54, 1.807) is 4.90 Å². The average Bonchev–Trinajstić information content (AvgIpc) is 3.51. The van der Waals surface area contributed by atoms with Gasteiger partial charge in [-0.3, -0.25) is 4.79 Å². The Hall–Kier alpha value is -2.13. The number of carbonyl (C=O) groups excluding carboxylic acids is 2.